The first-order valence-electron chi connectivity index (χ1n) is 8.77. The largest absolute Gasteiger partial charge is 0.492 e. The van der Waals surface area contributed by atoms with Gasteiger partial charge in [-0.15, -0.1) is 0 Å². The van der Waals surface area contributed by atoms with Crippen LogP contribution in [0.25, 0.3) is 0 Å². The second-order valence-electron chi connectivity index (χ2n) is 6.53. The summed E-state index contributed by atoms with van der Waals surface area (Å²) < 4.78 is 21.8. The van der Waals surface area contributed by atoms with Crippen molar-refractivity contribution in [2.75, 3.05) is 39.9 Å². The van der Waals surface area contributed by atoms with Gasteiger partial charge in [-0.3, -0.25) is 4.90 Å². The van der Waals surface area contributed by atoms with Gasteiger partial charge >= 0.3 is 5.97 Å². The van der Waals surface area contributed by atoms with Gasteiger partial charge < -0.3 is 24.3 Å². The number of anilines is 1. The van der Waals surface area contributed by atoms with E-state index in [0.29, 0.717) is 28.5 Å². The number of hydrogen-bond donors (Lipinski definition) is 1. The molecule has 2 aromatic carbocycles. The summed E-state index contributed by atoms with van der Waals surface area (Å²) in [6, 6.07) is 9.33. The molecule has 7 heteroatoms. The maximum Gasteiger partial charge on any atom is 0.339 e. The summed E-state index contributed by atoms with van der Waals surface area (Å²) >= 11 is 0. The lowest BCUT2D eigenvalue weighted by molar-refractivity contribution is 0.0601. The van der Waals surface area contributed by atoms with Gasteiger partial charge in [-0.05, 0) is 37.2 Å². The van der Waals surface area contributed by atoms with E-state index < -0.39 is 0 Å². The summed E-state index contributed by atoms with van der Waals surface area (Å²) in [5.74, 6) is 1.62. The molecule has 2 aliphatic heterocycles. The van der Waals surface area contributed by atoms with E-state index in [1.807, 2.05) is 31.3 Å². The van der Waals surface area contributed by atoms with Crippen molar-refractivity contribution in [1.29, 1.82) is 0 Å². The zero-order valence-electron chi connectivity index (χ0n) is 15.6. The lowest BCUT2D eigenvalue weighted by Crippen LogP contribution is -2.37. The number of para-hydroxylation sites is 1. The Balaban J connectivity index is 1.79. The molecule has 0 saturated carbocycles. The van der Waals surface area contributed by atoms with E-state index in [1.54, 1.807) is 13.2 Å². The van der Waals surface area contributed by atoms with Crippen LogP contribution in [0.1, 0.15) is 27.7 Å². The molecule has 1 unspecified atom stereocenters. The van der Waals surface area contributed by atoms with Crippen LogP contribution < -0.4 is 19.5 Å². The van der Waals surface area contributed by atoms with E-state index in [0.717, 1.165) is 24.1 Å². The topological polar surface area (TPSA) is 69.3 Å². The van der Waals surface area contributed by atoms with Crippen molar-refractivity contribution in [2.24, 2.45) is 0 Å². The van der Waals surface area contributed by atoms with Crippen molar-refractivity contribution >= 4 is 11.7 Å². The van der Waals surface area contributed by atoms with Gasteiger partial charge in [0.05, 0.1) is 25.5 Å². The number of rotatable bonds is 4. The lowest BCUT2D eigenvalue weighted by atomic mass is 9.94. The molecule has 0 saturated heterocycles. The molecule has 2 heterocycles. The minimum Gasteiger partial charge on any atom is -0.492 e. The summed E-state index contributed by atoms with van der Waals surface area (Å²) in [6.07, 6.45) is 0.680. The third-order valence-corrected chi connectivity index (χ3v) is 5.02. The smallest absolute Gasteiger partial charge is 0.339 e. The summed E-state index contributed by atoms with van der Waals surface area (Å²) in [5.41, 5.74) is 3.33. The van der Waals surface area contributed by atoms with E-state index in [9.17, 15) is 4.79 Å². The molecule has 27 heavy (non-hydrogen) atoms. The number of likely N-dealkylation sites (N-methyl/N-ethyl adjacent to an activating group) is 1. The standard InChI is InChI=1S/C20H22N2O5/c1-22-9-8-12-10-15-17(27-11-26-15)18(24-2)16(12)19(22)21-14-7-5-4-6-13(14)20(23)25-3/h4-7,10,19,21H,8-9,11H2,1-3H3. The highest BCUT2D eigenvalue weighted by Gasteiger charge is 2.34. The molecule has 2 aliphatic rings. The summed E-state index contributed by atoms with van der Waals surface area (Å²) in [5, 5.41) is 3.49. The Labute approximate surface area is 157 Å². The molecular weight excluding hydrogens is 348 g/mol. The molecule has 0 bridgehead atoms. The van der Waals surface area contributed by atoms with Gasteiger partial charge in [0.15, 0.2) is 11.5 Å². The van der Waals surface area contributed by atoms with E-state index in [2.05, 4.69) is 10.2 Å². The minimum absolute atomic E-state index is 0.188. The number of benzene rings is 2. The van der Waals surface area contributed by atoms with Gasteiger partial charge in [0.2, 0.25) is 12.5 Å². The number of fused-ring (bicyclic) bond motifs is 2. The molecule has 0 fully saturated rings. The number of nitrogens with one attached hydrogen (secondary N) is 1. The van der Waals surface area contributed by atoms with Gasteiger partial charge in [0, 0.05) is 12.1 Å². The molecule has 4 rings (SSSR count). The fraction of sp³-hybridized carbons (Fsp3) is 0.350. The van der Waals surface area contributed by atoms with Crippen LogP contribution in [0.4, 0.5) is 5.69 Å². The van der Waals surface area contributed by atoms with Crippen molar-refractivity contribution in [3.05, 3.63) is 47.0 Å². The predicted octanol–water partition coefficient (Wildman–Crippen LogP) is 2.81. The van der Waals surface area contributed by atoms with Crippen LogP contribution in [0, 0.1) is 0 Å². The molecule has 0 spiro atoms. The van der Waals surface area contributed by atoms with Gasteiger partial charge in [0.25, 0.3) is 0 Å². The molecule has 1 atom stereocenters. The zero-order chi connectivity index (χ0) is 19.0. The minimum atomic E-state index is -0.380. The van der Waals surface area contributed by atoms with E-state index >= 15 is 0 Å². The van der Waals surface area contributed by atoms with Crippen LogP contribution in [0.15, 0.2) is 30.3 Å². The van der Waals surface area contributed by atoms with Crippen LogP contribution in [-0.2, 0) is 11.2 Å². The Morgan fingerprint density at radius 2 is 2.07 bits per heavy atom. The average molecular weight is 370 g/mol. The molecule has 1 N–H and O–H groups in total. The van der Waals surface area contributed by atoms with Gasteiger partial charge in [-0.2, -0.15) is 0 Å². The number of nitrogens with zero attached hydrogens (tertiary/aromatic N) is 1. The van der Waals surface area contributed by atoms with E-state index in [1.165, 1.54) is 7.11 Å². The van der Waals surface area contributed by atoms with Gasteiger partial charge in [-0.25, -0.2) is 4.79 Å². The number of carbonyl (C=O) groups excluding carboxylic acids is 1. The van der Waals surface area contributed by atoms with Crippen molar-refractivity contribution < 1.29 is 23.7 Å². The summed E-state index contributed by atoms with van der Waals surface area (Å²) in [4.78, 5) is 14.3. The first-order chi connectivity index (χ1) is 13.1. The SMILES string of the molecule is COC(=O)c1ccccc1NC1c2c(cc3c(c2OC)OCO3)CCN1C. The van der Waals surface area contributed by atoms with Crippen molar-refractivity contribution in [1.82, 2.24) is 4.90 Å². The molecule has 0 aromatic heterocycles. The molecule has 2 aromatic rings. The highest BCUT2D eigenvalue weighted by Crippen LogP contribution is 2.49. The van der Waals surface area contributed by atoms with Crippen LogP contribution in [-0.4, -0.2) is 45.5 Å². The Hall–Kier alpha value is -2.93. The maximum absolute atomic E-state index is 12.1. The third-order valence-electron chi connectivity index (χ3n) is 5.02. The van der Waals surface area contributed by atoms with Gasteiger partial charge in [0.1, 0.15) is 6.17 Å². The Morgan fingerprint density at radius 1 is 1.26 bits per heavy atom. The number of hydrogen-bond acceptors (Lipinski definition) is 7. The number of carbonyl (C=O) groups is 1. The number of esters is 1. The Bertz CT molecular complexity index is 883. The average Bonchev–Trinajstić information content (AvgIpc) is 3.16. The number of ether oxygens (including phenoxy) is 4. The van der Waals surface area contributed by atoms with E-state index in [4.69, 9.17) is 18.9 Å². The summed E-state index contributed by atoms with van der Waals surface area (Å²) in [6.45, 7) is 1.04. The fourth-order valence-corrected chi connectivity index (χ4v) is 3.66. The molecular formula is C20H22N2O5. The quantitative estimate of drug-likeness (QED) is 0.830. The maximum atomic E-state index is 12.1. The lowest BCUT2D eigenvalue weighted by Gasteiger charge is -2.37. The van der Waals surface area contributed by atoms with Crippen molar-refractivity contribution in [2.45, 2.75) is 12.6 Å². The monoisotopic (exact) mass is 370 g/mol. The second kappa shape index (κ2) is 7.00. The zero-order valence-corrected chi connectivity index (χ0v) is 15.6. The van der Waals surface area contributed by atoms with Crippen molar-refractivity contribution in [3.63, 3.8) is 0 Å². The predicted molar refractivity (Wildman–Crippen MR) is 99.6 cm³/mol. The molecule has 7 nitrogen and oxygen atoms in total. The first kappa shape index (κ1) is 17.5. The van der Waals surface area contributed by atoms with Crippen LogP contribution in [0.5, 0.6) is 17.2 Å². The van der Waals surface area contributed by atoms with Gasteiger partial charge in [-0.1, -0.05) is 12.1 Å². The third kappa shape index (κ3) is 2.94. The van der Waals surface area contributed by atoms with Crippen molar-refractivity contribution in [3.8, 4) is 17.2 Å². The molecule has 0 aliphatic carbocycles. The van der Waals surface area contributed by atoms with Crippen LogP contribution in [0.2, 0.25) is 0 Å². The molecule has 142 valence electrons. The normalized spacial score (nSPS) is 18.0. The summed E-state index contributed by atoms with van der Waals surface area (Å²) in [7, 11) is 5.04. The fourth-order valence-electron chi connectivity index (χ4n) is 3.66. The van der Waals surface area contributed by atoms with Crippen LogP contribution in [0.3, 0.4) is 0 Å². The Kier molecular flexibility index (Phi) is 4.53. The first-order valence-corrected chi connectivity index (χ1v) is 8.77. The van der Waals surface area contributed by atoms with Crippen LogP contribution >= 0.6 is 0 Å². The molecule has 0 amide bonds. The Morgan fingerprint density at radius 3 is 2.85 bits per heavy atom. The highest BCUT2D eigenvalue weighted by atomic mass is 16.7. The highest BCUT2D eigenvalue weighted by molar-refractivity contribution is 5.95. The second-order valence-corrected chi connectivity index (χ2v) is 6.53. The number of methoxy groups -OCH3 is 2. The van der Waals surface area contributed by atoms with E-state index in [-0.39, 0.29) is 18.9 Å². The molecule has 0 radical (unpaired) electrons.